The second-order valence-corrected chi connectivity index (χ2v) is 8.45. The average Bonchev–Trinajstić information content (AvgIpc) is 3.22. The maximum absolute atomic E-state index is 13.2. The van der Waals surface area contributed by atoms with E-state index in [0.717, 1.165) is 42.5 Å². The van der Waals surface area contributed by atoms with Crippen LogP contribution < -0.4 is 4.74 Å². The Kier molecular flexibility index (Phi) is 7.81. The first-order chi connectivity index (χ1) is 15.7. The molecule has 0 fully saturated rings. The van der Waals surface area contributed by atoms with E-state index in [9.17, 15) is 19.8 Å². The van der Waals surface area contributed by atoms with E-state index in [1.807, 2.05) is 32.2 Å². The van der Waals surface area contributed by atoms with Gasteiger partial charge in [-0.3, -0.25) is 9.59 Å². The second-order valence-electron chi connectivity index (χ2n) is 8.45. The van der Waals surface area contributed by atoms with Gasteiger partial charge in [0.15, 0.2) is 0 Å². The Balaban J connectivity index is 1.74. The first-order valence-corrected chi connectivity index (χ1v) is 11.3. The lowest BCUT2D eigenvalue weighted by molar-refractivity contribution is 0.0748. The van der Waals surface area contributed by atoms with Gasteiger partial charge in [-0.25, -0.2) is 0 Å². The Hall–Kier alpha value is -3.26. The van der Waals surface area contributed by atoms with Crippen molar-refractivity contribution in [3.05, 3.63) is 52.6 Å². The summed E-state index contributed by atoms with van der Waals surface area (Å²) in [4.78, 5) is 31.1. The van der Waals surface area contributed by atoms with E-state index in [0.29, 0.717) is 26.2 Å². The van der Waals surface area contributed by atoms with Crippen molar-refractivity contribution >= 4 is 11.8 Å². The number of hydrogen-bond donors (Lipinski definition) is 2. The molecule has 8 heteroatoms. The fourth-order valence-electron chi connectivity index (χ4n) is 3.81. The predicted molar refractivity (Wildman–Crippen MR) is 126 cm³/mol. The van der Waals surface area contributed by atoms with Gasteiger partial charge in [0.1, 0.15) is 23.9 Å². The molecule has 0 saturated carbocycles. The Morgan fingerprint density at radius 3 is 2.36 bits per heavy atom. The summed E-state index contributed by atoms with van der Waals surface area (Å²) < 4.78 is 5.85. The number of likely N-dealkylation sites (N-methyl/N-ethyl adjacent to an activating group) is 1. The lowest BCUT2D eigenvalue weighted by Crippen LogP contribution is -2.29. The van der Waals surface area contributed by atoms with Gasteiger partial charge in [0, 0.05) is 39.3 Å². The lowest BCUT2D eigenvalue weighted by atomic mass is 10.1. The van der Waals surface area contributed by atoms with Gasteiger partial charge in [-0.05, 0) is 49.3 Å². The van der Waals surface area contributed by atoms with Crippen LogP contribution in [0.2, 0.25) is 0 Å². The number of fused-ring (bicyclic) bond motifs is 1. The molecule has 3 rings (SSSR count). The van der Waals surface area contributed by atoms with Crippen LogP contribution in [0.3, 0.4) is 0 Å². The summed E-state index contributed by atoms with van der Waals surface area (Å²) >= 11 is 0. The number of aromatic hydroxyl groups is 2. The van der Waals surface area contributed by atoms with Gasteiger partial charge in [0.2, 0.25) is 0 Å². The highest BCUT2D eigenvalue weighted by Crippen LogP contribution is 2.33. The molecule has 2 amide bonds. The van der Waals surface area contributed by atoms with Gasteiger partial charge in [-0.15, -0.1) is 0 Å². The molecule has 33 heavy (non-hydrogen) atoms. The predicted octanol–water partition coefficient (Wildman–Crippen LogP) is 3.07. The van der Waals surface area contributed by atoms with Crippen LogP contribution in [0.5, 0.6) is 17.2 Å². The number of phenolic OH excluding ortho intramolecular Hbond substituents is 2. The maximum Gasteiger partial charge on any atom is 0.258 e. The number of carbonyl (C=O) groups excluding carboxylic acids is 2. The number of amides is 2. The lowest BCUT2D eigenvalue weighted by Gasteiger charge is -2.20. The zero-order valence-electron chi connectivity index (χ0n) is 19.8. The monoisotopic (exact) mass is 455 g/mol. The van der Waals surface area contributed by atoms with E-state index in [4.69, 9.17) is 4.74 Å². The molecule has 0 atom stereocenters. The van der Waals surface area contributed by atoms with E-state index in [-0.39, 0.29) is 22.6 Å². The minimum absolute atomic E-state index is 0.00320. The van der Waals surface area contributed by atoms with Gasteiger partial charge in [0.05, 0.1) is 11.1 Å². The highest BCUT2D eigenvalue weighted by atomic mass is 16.5. The summed E-state index contributed by atoms with van der Waals surface area (Å²) in [5, 5.41) is 20.5. The Labute approximate surface area is 195 Å². The van der Waals surface area contributed by atoms with E-state index in [1.54, 1.807) is 11.9 Å². The maximum atomic E-state index is 13.2. The fourth-order valence-corrected chi connectivity index (χ4v) is 3.81. The first kappa shape index (κ1) is 24.4. The van der Waals surface area contributed by atoms with Crippen LogP contribution in [-0.2, 0) is 13.1 Å². The summed E-state index contributed by atoms with van der Waals surface area (Å²) in [5.41, 5.74) is 1.99. The molecule has 0 bridgehead atoms. The van der Waals surface area contributed by atoms with E-state index >= 15 is 0 Å². The van der Waals surface area contributed by atoms with Crippen molar-refractivity contribution in [2.75, 3.05) is 40.3 Å². The molecule has 0 aliphatic carbocycles. The third-order valence-corrected chi connectivity index (χ3v) is 5.95. The Morgan fingerprint density at radius 1 is 0.970 bits per heavy atom. The third kappa shape index (κ3) is 5.57. The van der Waals surface area contributed by atoms with Crippen LogP contribution in [0.15, 0.2) is 30.3 Å². The summed E-state index contributed by atoms with van der Waals surface area (Å²) in [7, 11) is 3.67. The van der Waals surface area contributed by atoms with Gasteiger partial charge < -0.3 is 29.6 Å². The highest BCUT2D eigenvalue weighted by Gasteiger charge is 2.28. The summed E-state index contributed by atoms with van der Waals surface area (Å²) in [6.45, 7) is 7.69. The molecule has 0 aromatic heterocycles. The molecule has 0 unspecified atom stereocenters. The summed E-state index contributed by atoms with van der Waals surface area (Å²) in [6.07, 6.45) is 0.764. The van der Waals surface area contributed by atoms with Crippen LogP contribution in [0, 0.1) is 0 Å². The van der Waals surface area contributed by atoms with E-state index < -0.39 is 11.8 Å². The normalized spacial score (nSPS) is 12.7. The number of hydrogen-bond acceptors (Lipinski definition) is 6. The Morgan fingerprint density at radius 2 is 1.67 bits per heavy atom. The molecule has 2 aromatic carbocycles. The van der Waals surface area contributed by atoms with Crippen LogP contribution in [0.1, 0.15) is 52.1 Å². The van der Waals surface area contributed by atoms with Crippen molar-refractivity contribution < 1.29 is 24.5 Å². The molecule has 1 aliphatic heterocycles. The van der Waals surface area contributed by atoms with Crippen molar-refractivity contribution in [1.82, 2.24) is 14.7 Å². The standard InChI is InChI=1S/C25H33N3O5/c1-5-9-27(4)24(31)20-13-21(23(30)14-22(20)29)25(32)28-15-17-7-8-19(12-18(17)16-28)33-11-10-26(3)6-2/h7-8,12-14,29-30H,5-6,9-11,15-16H2,1-4H3. The smallest absolute Gasteiger partial charge is 0.258 e. The van der Waals surface area contributed by atoms with Gasteiger partial charge in [-0.2, -0.15) is 0 Å². The topological polar surface area (TPSA) is 93.6 Å². The van der Waals surface area contributed by atoms with Crippen LogP contribution in [-0.4, -0.2) is 77.1 Å². The average molecular weight is 456 g/mol. The SMILES string of the molecule is CCCN(C)C(=O)c1cc(C(=O)N2Cc3ccc(OCCN(C)CC)cc3C2)c(O)cc1O. The number of benzene rings is 2. The molecule has 178 valence electrons. The number of phenols is 2. The van der Waals surface area contributed by atoms with Crippen LogP contribution >= 0.6 is 0 Å². The zero-order chi connectivity index (χ0) is 24.1. The zero-order valence-corrected chi connectivity index (χ0v) is 19.8. The molecule has 8 nitrogen and oxygen atoms in total. The molecule has 1 aliphatic rings. The van der Waals surface area contributed by atoms with Crippen molar-refractivity contribution in [3.8, 4) is 17.2 Å². The molecule has 0 spiro atoms. The van der Waals surface area contributed by atoms with Crippen molar-refractivity contribution in [1.29, 1.82) is 0 Å². The highest BCUT2D eigenvalue weighted by molar-refractivity contribution is 6.03. The number of carbonyl (C=O) groups is 2. The number of nitrogens with zero attached hydrogens (tertiary/aromatic N) is 3. The molecular weight excluding hydrogens is 422 g/mol. The second kappa shape index (κ2) is 10.6. The summed E-state index contributed by atoms with van der Waals surface area (Å²) in [6, 6.07) is 8.13. The van der Waals surface area contributed by atoms with Crippen molar-refractivity contribution in [3.63, 3.8) is 0 Å². The first-order valence-electron chi connectivity index (χ1n) is 11.3. The molecule has 1 heterocycles. The fraction of sp³-hybridized carbons (Fsp3) is 0.440. The quantitative estimate of drug-likeness (QED) is 0.604. The van der Waals surface area contributed by atoms with Gasteiger partial charge in [-0.1, -0.05) is 19.9 Å². The van der Waals surface area contributed by atoms with Crippen LogP contribution in [0.4, 0.5) is 0 Å². The molecule has 2 N–H and O–H groups in total. The summed E-state index contributed by atoms with van der Waals surface area (Å²) in [5.74, 6) is -0.747. The minimum atomic E-state index is -0.400. The molecular formula is C25H33N3O5. The van der Waals surface area contributed by atoms with Gasteiger partial charge >= 0.3 is 0 Å². The molecule has 0 saturated heterocycles. The Bertz CT molecular complexity index is 1020. The van der Waals surface area contributed by atoms with Crippen molar-refractivity contribution in [2.24, 2.45) is 0 Å². The van der Waals surface area contributed by atoms with E-state index in [2.05, 4.69) is 11.8 Å². The molecule has 0 radical (unpaired) electrons. The van der Waals surface area contributed by atoms with Crippen LogP contribution in [0.25, 0.3) is 0 Å². The number of ether oxygens (including phenoxy) is 1. The minimum Gasteiger partial charge on any atom is -0.507 e. The molecule has 2 aromatic rings. The third-order valence-electron chi connectivity index (χ3n) is 5.95. The largest absolute Gasteiger partial charge is 0.507 e. The van der Waals surface area contributed by atoms with Crippen molar-refractivity contribution in [2.45, 2.75) is 33.4 Å². The number of rotatable bonds is 9. The van der Waals surface area contributed by atoms with Gasteiger partial charge in [0.25, 0.3) is 11.8 Å². The van der Waals surface area contributed by atoms with E-state index in [1.165, 1.54) is 11.0 Å².